The molecule has 0 bridgehead atoms. The predicted octanol–water partition coefficient (Wildman–Crippen LogP) is 0.446. The lowest BCUT2D eigenvalue weighted by Gasteiger charge is -2.40. The second-order valence-electron chi connectivity index (χ2n) is 3.56. The molecular formula is C9H20N2O. The van der Waals surface area contributed by atoms with Crippen molar-refractivity contribution in [3.63, 3.8) is 0 Å². The first-order chi connectivity index (χ1) is 5.76. The van der Waals surface area contributed by atoms with E-state index in [1.807, 2.05) is 0 Å². The maximum absolute atomic E-state index is 5.71. The summed E-state index contributed by atoms with van der Waals surface area (Å²) >= 11 is 0. The summed E-state index contributed by atoms with van der Waals surface area (Å²) in [6.07, 6.45) is 2.31. The number of likely N-dealkylation sites (tertiary alicyclic amines) is 1. The minimum atomic E-state index is -0.0613. The highest BCUT2D eigenvalue weighted by atomic mass is 16.5. The highest BCUT2D eigenvalue weighted by molar-refractivity contribution is 4.89. The number of hydrogen-bond donors (Lipinski definition) is 1. The monoisotopic (exact) mass is 172 g/mol. The van der Waals surface area contributed by atoms with Crippen LogP contribution in [-0.4, -0.2) is 43.8 Å². The number of nitrogens with two attached hydrogens (primary N) is 1. The summed E-state index contributed by atoms with van der Waals surface area (Å²) in [6.45, 7) is 6.12. The molecule has 3 heteroatoms. The third-order valence-corrected chi connectivity index (χ3v) is 2.87. The van der Waals surface area contributed by atoms with E-state index in [2.05, 4.69) is 11.8 Å². The average Bonchev–Trinajstić information content (AvgIpc) is 2.18. The Morgan fingerprint density at radius 3 is 2.83 bits per heavy atom. The van der Waals surface area contributed by atoms with Gasteiger partial charge in [0.1, 0.15) is 0 Å². The van der Waals surface area contributed by atoms with Crippen molar-refractivity contribution in [3.8, 4) is 0 Å². The first kappa shape index (κ1) is 9.96. The molecule has 1 rings (SSSR count). The van der Waals surface area contributed by atoms with E-state index in [0.29, 0.717) is 6.54 Å². The van der Waals surface area contributed by atoms with Crippen molar-refractivity contribution >= 4 is 0 Å². The molecule has 1 heterocycles. The summed E-state index contributed by atoms with van der Waals surface area (Å²) in [5.41, 5.74) is 5.65. The number of methoxy groups -OCH3 is 1. The Labute approximate surface area is 74.9 Å². The van der Waals surface area contributed by atoms with Crippen LogP contribution in [0.5, 0.6) is 0 Å². The normalized spacial score (nSPS) is 32.2. The number of rotatable bonds is 3. The fourth-order valence-electron chi connectivity index (χ4n) is 1.88. The molecule has 1 fully saturated rings. The van der Waals surface area contributed by atoms with Gasteiger partial charge in [0, 0.05) is 20.2 Å². The van der Waals surface area contributed by atoms with Crippen molar-refractivity contribution in [1.82, 2.24) is 4.90 Å². The average molecular weight is 172 g/mol. The third kappa shape index (κ3) is 1.97. The van der Waals surface area contributed by atoms with Crippen LogP contribution in [0.2, 0.25) is 0 Å². The lowest BCUT2D eigenvalue weighted by atomic mass is 9.93. The molecule has 3 nitrogen and oxygen atoms in total. The summed E-state index contributed by atoms with van der Waals surface area (Å²) in [5, 5.41) is 0. The highest BCUT2D eigenvalue weighted by Crippen LogP contribution is 2.22. The first-order valence-corrected chi connectivity index (χ1v) is 4.74. The van der Waals surface area contributed by atoms with Crippen LogP contribution >= 0.6 is 0 Å². The van der Waals surface area contributed by atoms with Crippen LogP contribution in [0.1, 0.15) is 19.8 Å². The van der Waals surface area contributed by atoms with Crippen molar-refractivity contribution in [2.45, 2.75) is 25.4 Å². The Kier molecular flexibility index (Phi) is 3.50. The molecule has 2 N–H and O–H groups in total. The molecule has 0 spiro atoms. The topological polar surface area (TPSA) is 38.5 Å². The van der Waals surface area contributed by atoms with Crippen LogP contribution in [0, 0.1) is 0 Å². The molecule has 1 aliphatic rings. The Morgan fingerprint density at radius 1 is 1.58 bits per heavy atom. The Hall–Kier alpha value is -0.120. The maximum atomic E-state index is 5.71. The summed E-state index contributed by atoms with van der Waals surface area (Å²) < 4.78 is 5.49. The van der Waals surface area contributed by atoms with E-state index in [4.69, 9.17) is 10.5 Å². The second kappa shape index (κ2) is 4.21. The smallest absolute Gasteiger partial charge is 0.0926 e. The van der Waals surface area contributed by atoms with Crippen LogP contribution in [0.3, 0.4) is 0 Å². The number of hydrogen-bond acceptors (Lipinski definition) is 3. The molecule has 0 saturated carbocycles. The Balaban J connectivity index is 2.52. The quantitative estimate of drug-likeness (QED) is 0.671. The van der Waals surface area contributed by atoms with Crippen LogP contribution in [0.15, 0.2) is 0 Å². The molecule has 0 amide bonds. The van der Waals surface area contributed by atoms with Crippen LogP contribution in [0.25, 0.3) is 0 Å². The molecule has 72 valence electrons. The molecule has 1 unspecified atom stereocenters. The van der Waals surface area contributed by atoms with Gasteiger partial charge in [-0.1, -0.05) is 6.92 Å². The third-order valence-electron chi connectivity index (χ3n) is 2.87. The maximum Gasteiger partial charge on any atom is 0.0926 e. The Bertz CT molecular complexity index is 134. The molecule has 1 aliphatic heterocycles. The van der Waals surface area contributed by atoms with Gasteiger partial charge in [-0.25, -0.2) is 0 Å². The molecule has 0 aromatic carbocycles. The van der Waals surface area contributed by atoms with E-state index >= 15 is 0 Å². The second-order valence-corrected chi connectivity index (χ2v) is 3.56. The van der Waals surface area contributed by atoms with Gasteiger partial charge in [0.25, 0.3) is 0 Å². The molecule has 12 heavy (non-hydrogen) atoms. The minimum Gasteiger partial charge on any atom is -0.376 e. The standard InChI is InChI=1S/C9H20N2O/c1-3-11-6-4-5-9(7-10,8-11)12-2/h3-8,10H2,1-2H3. The zero-order chi connectivity index (χ0) is 9.03. The number of likely N-dealkylation sites (N-methyl/N-ethyl adjacent to an activating group) is 1. The fourth-order valence-corrected chi connectivity index (χ4v) is 1.88. The van der Waals surface area contributed by atoms with Gasteiger partial charge in [0.2, 0.25) is 0 Å². The molecule has 0 aromatic rings. The zero-order valence-electron chi connectivity index (χ0n) is 8.18. The largest absolute Gasteiger partial charge is 0.376 e. The number of piperidine rings is 1. The van der Waals surface area contributed by atoms with Gasteiger partial charge in [-0.05, 0) is 25.9 Å². The molecule has 1 atom stereocenters. The van der Waals surface area contributed by atoms with Gasteiger partial charge in [-0.3, -0.25) is 0 Å². The lowest BCUT2D eigenvalue weighted by molar-refractivity contribution is -0.0563. The summed E-state index contributed by atoms with van der Waals surface area (Å²) in [6, 6.07) is 0. The number of nitrogens with zero attached hydrogens (tertiary/aromatic N) is 1. The summed E-state index contributed by atoms with van der Waals surface area (Å²) in [5.74, 6) is 0. The van der Waals surface area contributed by atoms with Crippen LogP contribution in [-0.2, 0) is 4.74 Å². The van der Waals surface area contributed by atoms with E-state index in [-0.39, 0.29) is 5.60 Å². The first-order valence-electron chi connectivity index (χ1n) is 4.74. The van der Waals surface area contributed by atoms with Crippen LogP contribution in [0.4, 0.5) is 0 Å². The van der Waals surface area contributed by atoms with Gasteiger partial charge < -0.3 is 15.4 Å². The van der Waals surface area contributed by atoms with Gasteiger partial charge >= 0.3 is 0 Å². The molecule has 1 saturated heterocycles. The van der Waals surface area contributed by atoms with Crippen molar-refractivity contribution in [3.05, 3.63) is 0 Å². The van der Waals surface area contributed by atoms with Crippen molar-refractivity contribution in [2.24, 2.45) is 5.73 Å². The van der Waals surface area contributed by atoms with Gasteiger partial charge in [0.05, 0.1) is 5.60 Å². The van der Waals surface area contributed by atoms with Crippen LogP contribution < -0.4 is 5.73 Å². The SMILES string of the molecule is CCN1CCCC(CN)(OC)C1. The van der Waals surface area contributed by atoms with Crippen molar-refractivity contribution in [2.75, 3.05) is 33.3 Å². The summed E-state index contributed by atoms with van der Waals surface area (Å²) in [4.78, 5) is 2.40. The van der Waals surface area contributed by atoms with Gasteiger partial charge in [-0.2, -0.15) is 0 Å². The zero-order valence-corrected chi connectivity index (χ0v) is 8.18. The fraction of sp³-hybridized carbons (Fsp3) is 1.00. The number of ether oxygens (including phenoxy) is 1. The van der Waals surface area contributed by atoms with Crippen molar-refractivity contribution in [1.29, 1.82) is 0 Å². The molecule has 0 radical (unpaired) electrons. The van der Waals surface area contributed by atoms with Crippen molar-refractivity contribution < 1.29 is 4.74 Å². The van der Waals surface area contributed by atoms with E-state index in [1.54, 1.807) is 7.11 Å². The molecule has 0 aliphatic carbocycles. The Morgan fingerprint density at radius 2 is 2.33 bits per heavy atom. The summed E-state index contributed by atoms with van der Waals surface area (Å²) in [7, 11) is 1.77. The van der Waals surface area contributed by atoms with E-state index < -0.39 is 0 Å². The highest BCUT2D eigenvalue weighted by Gasteiger charge is 2.33. The molecule has 0 aromatic heterocycles. The molecular weight excluding hydrogens is 152 g/mol. The van der Waals surface area contributed by atoms with Gasteiger partial charge in [0.15, 0.2) is 0 Å². The predicted molar refractivity (Wildman–Crippen MR) is 50.1 cm³/mol. The van der Waals surface area contributed by atoms with Gasteiger partial charge in [-0.15, -0.1) is 0 Å². The van der Waals surface area contributed by atoms with E-state index in [1.165, 1.54) is 13.0 Å². The minimum absolute atomic E-state index is 0.0613. The van der Waals surface area contributed by atoms with E-state index in [9.17, 15) is 0 Å². The lowest BCUT2D eigenvalue weighted by Crippen LogP contribution is -2.53. The van der Waals surface area contributed by atoms with E-state index in [0.717, 1.165) is 19.5 Å².